The number of ether oxygens (including phenoxy) is 1. The number of esters is 1. The molecule has 0 radical (unpaired) electrons. The molecule has 1 aliphatic heterocycles. The number of imide groups is 1. The van der Waals surface area contributed by atoms with Crippen LogP contribution in [0, 0.1) is 0 Å². The van der Waals surface area contributed by atoms with Crippen molar-refractivity contribution in [2.75, 3.05) is 6.54 Å². The molecule has 24 heavy (non-hydrogen) atoms. The second-order valence-corrected chi connectivity index (χ2v) is 6.97. The number of nitrogens with zero attached hydrogens (tertiary/aromatic N) is 1. The summed E-state index contributed by atoms with van der Waals surface area (Å²) >= 11 is 12.3. The van der Waals surface area contributed by atoms with Crippen molar-refractivity contribution < 1.29 is 24.2 Å². The molecular formula is C15H13Cl2NO5S. The topological polar surface area (TPSA) is 83.9 Å². The molecule has 9 heteroatoms. The summed E-state index contributed by atoms with van der Waals surface area (Å²) < 4.78 is 4.92. The number of carbonyl (C=O) groups is 3. The molecule has 1 aliphatic rings. The first kappa shape index (κ1) is 18.6. The smallest absolute Gasteiger partial charge is 0.326 e. The minimum absolute atomic E-state index is 0.0217. The van der Waals surface area contributed by atoms with Gasteiger partial charge in [-0.3, -0.25) is 19.3 Å². The van der Waals surface area contributed by atoms with Crippen LogP contribution in [-0.2, 0) is 14.3 Å². The number of rotatable bonds is 4. The summed E-state index contributed by atoms with van der Waals surface area (Å²) in [5, 5.41) is 9.61. The number of thioether (sulfide) groups is 1. The van der Waals surface area contributed by atoms with Crippen LogP contribution in [0.5, 0.6) is 5.75 Å². The van der Waals surface area contributed by atoms with E-state index in [1.165, 1.54) is 18.2 Å². The van der Waals surface area contributed by atoms with Crippen molar-refractivity contribution in [2.24, 2.45) is 0 Å². The Hall–Kier alpha value is -1.70. The van der Waals surface area contributed by atoms with Crippen LogP contribution in [0.4, 0.5) is 4.79 Å². The molecule has 0 aromatic heterocycles. The summed E-state index contributed by atoms with van der Waals surface area (Å²) in [7, 11) is 0. The fourth-order valence-electron chi connectivity index (χ4n) is 1.90. The van der Waals surface area contributed by atoms with Gasteiger partial charge in [0.25, 0.3) is 11.1 Å². The number of benzene rings is 1. The molecule has 0 saturated carbocycles. The zero-order chi connectivity index (χ0) is 18.0. The predicted molar refractivity (Wildman–Crippen MR) is 92.0 cm³/mol. The van der Waals surface area contributed by atoms with E-state index in [-0.39, 0.29) is 32.4 Å². The number of halogens is 2. The van der Waals surface area contributed by atoms with Crippen LogP contribution in [0.15, 0.2) is 17.0 Å². The van der Waals surface area contributed by atoms with Crippen LogP contribution in [-0.4, -0.2) is 39.8 Å². The molecule has 6 nitrogen and oxygen atoms in total. The Bertz CT molecular complexity index is 748. The third-order valence-corrected chi connectivity index (χ3v) is 4.29. The van der Waals surface area contributed by atoms with Crippen molar-refractivity contribution in [1.29, 1.82) is 0 Å². The minimum atomic E-state index is -0.679. The molecule has 2 amide bonds. The molecule has 0 unspecified atom stereocenters. The van der Waals surface area contributed by atoms with E-state index in [1.807, 2.05) is 0 Å². The largest absolute Gasteiger partial charge is 0.506 e. The van der Waals surface area contributed by atoms with E-state index in [9.17, 15) is 19.5 Å². The van der Waals surface area contributed by atoms with Crippen LogP contribution in [0.25, 0.3) is 6.08 Å². The van der Waals surface area contributed by atoms with Gasteiger partial charge in [0.05, 0.1) is 16.0 Å². The molecule has 1 aromatic carbocycles. The van der Waals surface area contributed by atoms with Crippen LogP contribution in [0.3, 0.4) is 0 Å². The summed E-state index contributed by atoms with van der Waals surface area (Å²) in [5.41, 5.74) is 0.197. The lowest BCUT2D eigenvalue weighted by molar-refractivity contribution is -0.149. The second-order valence-electron chi connectivity index (χ2n) is 5.13. The Balaban J connectivity index is 2.24. The maximum absolute atomic E-state index is 12.3. The van der Waals surface area contributed by atoms with Crippen LogP contribution in [0.2, 0.25) is 10.0 Å². The molecule has 1 saturated heterocycles. The summed E-state index contributed by atoms with van der Waals surface area (Å²) in [5.74, 6) is -1.59. The molecule has 0 bridgehead atoms. The highest BCUT2D eigenvalue weighted by Crippen LogP contribution is 2.37. The van der Waals surface area contributed by atoms with Gasteiger partial charge in [0.1, 0.15) is 12.3 Å². The number of phenolic OH excluding ortho intramolecular Hbond substituents is 1. The van der Waals surface area contributed by atoms with E-state index < -0.39 is 23.7 Å². The van der Waals surface area contributed by atoms with E-state index in [4.69, 9.17) is 27.9 Å². The highest BCUT2D eigenvalue weighted by molar-refractivity contribution is 8.18. The number of carbonyl (C=O) groups excluding carboxylic acids is 3. The predicted octanol–water partition coefficient (Wildman–Crippen LogP) is 3.69. The van der Waals surface area contributed by atoms with E-state index in [0.717, 1.165) is 4.90 Å². The lowest BCUT2D eigenvalue weighted by atomic mass is 10.2. The highest BCUT2D eigenvalue weighted by Gasteiger charge is 2.37. The lowest BCUT2D eigenvalue weighted by Crippen LogP contribution is -2.35. The quantitative estimate of drug-likeness (QED) is 0.624. The molecule has 1 heterocycles. The molecule has 0 atom stereocenters. The standard InChI is InChI=1S/C15H13Cl2NO5S/c1-7(2)23-12(19)6-18-14(21)11(24-15(18)22)4-8-3-9(16)5-10(17)13(8)20/h3-5,7,20H,6H2,1-2H3/b11-4-. The summed E-state index contributed by atoms with van der Waals surface area (Å²) in [6, 6.07) is 2.76. The van der Waals surface area contributed by atoms with Crippen molar-refractivity contribution in [3.05, 3.63) is 32.6 Å². The number of phenols is 1. The fourth-order valence-corrected chi connectivity index (χ4v) is 3.24. The van der Waals surface area contributed by atoms with Gasteiger partial charge in [-0.15, -0.1) is 0 Å². The Kier molecular flexibility index (Phi) is 5.79. The maximum atomic E-state index is 12.3. The maximum Gasteiger partial charge on any atom is 0.326 e. The van der Waals surface area contributed by atoms with E-state index in [2.05, 4.69) is 0 Å². The average Bonchev–Trinajstić information content (AvgIpc) is 2.71. The zero-order valence-electron chi connectivity index (χ0n) is 12.7. The third kappa shape index (κ3) is 4.23. The highest BCUT2D eigenvalue weighted by atomic mass is 35.5. The normalized spacial score (nSPS) is 16.4. The lowest BCUT2D eigenvalue weighted by Gasteiger charge is -2.13. The van der Waals surface area contributed by atoms with Gasteiger partial charge < -0.3 is 9.84 Å². The molecule has 1 aromatic rings. The van der Waals surface area contributed by atoms with Crippen LogP contribution < -0.4 is 0 Å². The summed E-state index contributed by atoms with van der Waals surface area (Å²) in [6.07, 6.45) is 0.949. The van der Waals surface area contributed by atoms with E-state index in [0.29, 0.717) is 11.8 Å². The van der Waals surface area contributed by atoms with Gasteiger partial charge in [-0.25, -0.2) is 0 Å². The van der Waals surface area contributed by atoms with Crippen LogP contribution >= 0.6 is 35.0 Å². The molecule has 1 N–H and O–H groups in total. The number of hydrogen-bond donors (Lipinski definition) is 1. The van der Waals surface area contributed by atoms with Crippen molar-refractivity contribution in [1.82, 2.24) is 4.90 Å². The first-order valence-corrected chi connectivity index (χ1v) is 8.39. The van der Waals surface area contributed by atoms with Crippen molar-refractivity contribution in [2.45, 2.75) is 20.0 Å². The number of hydrogen-bond acceptors (Lipinski definition) is 6. The molecular weight excluding hydrogens is 377 g/mol. The molecule has 0 spiro atoms. The Morgan fingerprint density at radius 3 is 2.67 bits per heavy atom. The molecule has 0 aliphatic carbocycles. The van der Waals surface area contributed by atoms with E-state index in [1.54, 1.807) is 13.8 Å². The Morgan fingerprint density at radius 2 is 2.04 bits per heavy atom. The summed E-state index contributed by atoms with van der Waals surface area (Å²) in [6.45, 7) is 2.86. The average molecular weight is 390 g/mol. The first-order chi connectivity index (χ1) is 11.2. The number of aromatic hydroxyl groups is 1. The van der Waals surface area contributed by atoms with Crippen molar-refractivity contribution in [3.63, 3.8) is 0 Å². The summed E-state index contributed by atoms with van der Waals surface area (Å²) in [4.78, 5) is 36.7. The second kappa shape index (κ2) is 7.46. The van der Waals surface area contributed by atoms with Crippen LogP contribution in [0.1, 0.15) is 19.4 Å². The van der Waals surface area contributed by atoms with Gasteiger partial charge >= 0.3 is 5.97 Å². The third-order valence-electron chi connectivity index (χ3n) is 2.87. The molecule has 2 rings (SSSR count). The Morgan fingerprint density at radius 1 is 1.38 bits per heavy atom. The van der Waals surface area contributed by atoms with Gasteiger partial charge in [-0.1, -0.05) is 23.2 Å². The van der Waals surface area contributed by atoms with Gasteiger partial charge in [0.15, 0.2) is 0 Å². The Labute approximate surface area is 152 Å². The van der Waals surface area contributed by atoms with Gasteiger partial charge in [0, 0.05) is 10.6 Å². The van der Waals surface area contributed by atoms with Gasteiger partial charge in [-0.2, -0.15) is 0 Å². The monoisotopic (exact) mass is 389 g/mol. The van der Waals surface area contributed by atoms with Gasteiger partial charge in [0.2, 0.25) is 0 Å². The van der Waals surface area contributed by atoms with E-state index >= 15 is 0 Å². The minimum Gasteiger partial charge on any atom is -0.506 e. The SMILES string of the molecule is CC(C)OC(=O)CN1C(=O)S/C(=C\c2cc(Cl)cc(Cl)c2O)C1=O. The number of amides is 2. The molecule has 128 valence electrons. The van der Waals surface area contributed by atoms with Gasteiger partial charge in [-0.05, 0) is 43.8 Å². The first-order valence-electron chi connectivity index (χ1n) is 6.82. The van der Waals surface area contributed by atoms with Crippen molar-refractivity contribution in [3.8, 4) is 5.75 Å². The van der Waals surface area contributed by atoms with Crippen molar-refractivity contribution >= 4 is 58.2 Å². The fraction of sp³-hybridized carbons (Fsp3) is 0.267. The molecule has 1 fully saturated rings. The zero-order valence-corrected chi connectivity index (χ0v) is 15.0.